The summed E-state index contributed by atoms with van der Waals surface area (Å²) in [5.74, 6) is 0.211. The number of hydrogen-bond acceptors (Lipinski definition) is 5. The smallest absolute Gasteiger partial charge is 0.254 e. The molecule has 0 atom stereocenters. The maximum absolute atomic E-state index is 14.8. The van der Waals surface area contributed by atoms with E-state index in [1.54, 1.807) is 19.4 Å². The standard InChI is InChI=1S/C31H34FN5O2/c1-35-9-7-25(8-10-35)36-11-13-37(14-12-36)31(38)22-15-21(16-24(32)17-22)23-18-27-28(20-34-30(27)33-19-23)26-5-3-4-6-29(26)39-2/h3-6,15-20,25H,7-14H2,1-2H3,(H,33,34). The van der Waals surface area contributed by atoms with Crippen molar-refractivity contribution in [2.24, 2.45) is 0 Å². The lowest BCUT2D eigenvalue weighted by Crippen LogP contribution is -2.54. The van der Waals surface area contributed by atoms with E-state index in [1.165, 1.54) is 25.0 Å². The molecule has 7 nitrogen and oxygen atoms in total. The molecule has 0 spiro atoms. The van der Waals surface area contributed by atoms with Crippen LogP contribution >= 0.6 is 0 Å². The van der Waals surface area contributed by atoms with Gasteiger partial charge in [-0.1, -0.05) is 18.2 Å². The summed E-state index contributed by atoms with van der Waals surface area (Å²) in [6.45, 7) is 5.30. The second kappa shape index (κ2) is 10.8. The van der Waals surface area contributed by atoms with Gasteiger partial charge in [0.1, 0.15) is 17.2 Å². The number of amides is 1. The summed E-state index contributed by atoms with van der Waals surface area (Å²) in [5, 5.41) is 0.902. The minimum absolute atomic E-state index is 0.121. The molecule has 39 heavy (non-hydrogen) atoms. The van der Waals surface area contributed by atoms with Crippen LogP contribution < -0.4 is 4.74 Å². The molecule has 0 radical (unpaired) electrons. The first-order valence-electron chi connectivity index (χ1n) is 13.6. The number of carbonyl (C=O) groups is 1. The van der Waals surface area contributed by atoms with Crippen LogP contribution in [0.4, 0.5) is 4.39 Å². The Kier molecular flexibility index (Phi) is 7.06. The van der Waals surface area contributed by atoms with E-state index in [0.717, 1.165) is 59.7 Å². The number of aromatic nitrogens is 2. The molecule has 2 aliphatic heterocycles. The normalized spacial score (nSPS) is 17.6. The summed E-state index contributed by atoms with van der Waals surface area (Å²) in [7, 11) is 3.82. The number of rotatable bonds is 5. The minimum Gasteiger partial charge on any atom is -0.496 e. The molecule has 8 heteroatoms. The number of ether oxygens (including phenoxy) is 1. The van der Waals surface area contributed by atoms with Gasteiger partial charge in [0.05, 0.1) is 7.11 Å². The quantitative estimate of drug-likeness (QED) is 0.400. The third-order valence-corrected chi connectivity index (χ3v) is 8.21. The molecule has 2 aromatic heterocycles. The van der Waals surface area contributed by atoms with E-state index in [2.05, 4.69) is 26.8 Å². The van der Waals surface area contributed by atoms with E-state index in [0.29, 0.717) is 30.3 Å². The van der Waals surface area contributed by atoms with Crippen molar-refractivity contribution < 1.29 is 13.9 Å². The van der Waals surface area contributed by atoms with E-state index in [-0.39, 0.29) is 5.91 Å². The molecule has 2 fully saturated rings. The molecule has 1 amide bonds. The molecule has 4 aromatic rings. The zero-order valence-corrected chi connectivity index (χ0v) is 22.5. The number of piperazine rings is 1. The van der Waals surface area contributed by atoms with Crippen LogP contribution in [0.3, 0.4) is 0 Å². The third-order valence-electron chi connectivity index (χ3n) is 8.21. The molecule has 2 aromatic carbocycles. The van der Waals surface area contributed by atoms with Gasteiger partial charge in [-0.2, -0.15) is 0 Å². The van der Waals surface area contributed by atoms with Crippen LogP contribution in [0, 0.1) is 5.82 Å². The molecular weight excluding hydrogens is 493 g/mol. The molecule has 0 saturated carbocycles. The van der Waals surface area contributed by atoms with E-state index < -0.39 is 5.82 Å². The highest BCUT2D eigenvalue weighted by molar-refractivity contribution is 5.98. The summed E-state index contributed by atoms with van der Waals surface area (Å²) >= 11 is 0. The fourth-order valence-corrected chi connectivity index (χ4v) is 5.96. The first kappa shape index (κ1) is 25.5. The van der Waals surface area contributed by atoms with Gasteiger partial charge >= 0.3 is 0 Å². The largest absolute Gasteiger partial charge is 0.496 e. The summed E-state index contributed by atoms with van der Waals surface area (Å²) < 4.78 is 20.4. The highest BCUT2D eigenvalue weighted by Crippen LogP contribution is 2.36. The third kappa shape index (κ3) is 5.14. The van der Waals surface area contributed by atoms with Crippen LogP contribution in [0.5, 0.6) is 5.75 Å². The van der Waals surface area contributed by atoms with E-state index in [4.69, 9.17) is 4.74 Å². The lowest BCUT2D eigenvalue weighted by Gasteiger charge is -2.42. The van der Waals surface area contributed by atoms with Gasteiger partial charge in [-0.3, -0.25) is 9.69 Å². The van der Waals surface area contributed by atoms with Crippen molar-refractivity contribution in [1.29, 1.82) is 0 Å². The van der Waals surface area contributed by atoms with Crippen molar-refractivity contribution >= 4 is 16.9 Å². The van der Waals surface area contributed by atoms with Crippen molar-refractivity contribution in [3.05, 3.63) is 72.3 Å². The highest BCUT2D eigenvalue weighted by Gasteiger charge is 2.29. The molecule has 2 aliphatic rings. The van der Waals surface area contributed by atoms with E-state index in [9.17, 15) is 9.18 Å². The number of H-pyrrole nitrogens is 1. The number of carbonyl (C=O) groups excluding carboxylic acids is 1. The number of nitrogens with one attached hydrogen (secondary N) is 1. The lowest BCUT2D eigenvalue weighted by atomic mass is 10.00. The van der Waals surface area contributed by atoms with Crippen molar-refractivity contribution in [2.45, 2.75) is 18.9 Å². The molecule has 202 valence electrons. The first-order valence-corrected chi connectivity index (χ1v) is 13.6. The van der Waals surface area contributed by atoms with Gasteiger partial charge in [0.2, 0.25) is 0 Å². The Hall–Kier alpha value is -3.75. The van der Waals surface area contributed by atoms with Crippen molar-refractivity contribution in [3.63, 3.8) is 0 Å². The maximum Gasteiger partial charge on any atom is 0.254 e. The number of fused-ring (bicyclic) bond motifs is 1. The molecule has 6 rings (SSSR count). The Morgan fingerprint density at radius 2 is 1.74 bits per heavy atom. The van der Waals surface area contributed by atoms with Crippen LogP contribution in [-0.2, 0) is 0 Å². The SMILES string of the molecule is COc1ccccc1-c1c[nH]c2ncc(-c3cc(F)cc(C(=O)N4CCN(C5CCN(C)CC5)CC4)c3)cc12. The number of hydrogen-bond donors (Lipinski definition) is 1. The number of methoxy groups -OCH3 is 1. The van der Waals surface area contributed by atoms with Crippen LogP contribution in [0.2, 0.25) is 0 Å². The van der Waals surface area contributed by atoms with Gasteiger partial charge in [-0.05, 0) is 68.9 Å². The van der Waals surface area contributed by atoms with Crippen LogP contribution in [0.25, 0.3) is 33.3 Å². The molecule has 4 heterocycles. The molecular formula is C31H34FN5O2. The lowest BCUT2D eigenvalue weighted by molar-refractivity contribution is 0.0475. The van der Waals surface area contributed by atoms with Crippen LogP contribution in [-0.4, -0.2) is 90.0 Å². The number of likely N-dealkylation sites (tertiary alicyclic amines) is 1. The Morgan fingerprint density at radius 1 is 0.974 bits per heavy atom. The van der Waals surface area contributed by atoms with Gasteiger partial charge < -0.3 is 19.5 Å². The van der Waals surface area contributed by atoms with Gasteiger partial charge in [0.15, 0.2) is 0 Å². The fourth-order valence-electron chi connectivity index (χ4n) is 5.96. The monoisotopic (exact) mass is 527 g/mol. The summed E-state index contributed by atoms with van der Waals surface area (Å²) in [6.07, 6.45) is 5.98. The molecule has 2 saturated heterocycles. The van der Waals surface area contributed by atoms with Gasteiger partial charge in [-0.25, -0.2) is 9.37 Å². The first-order chi connectivity index (χ1) is 19.0. The number of nitrogens with zero attached hydrogens (tertiary/aromatic N) is 4. The summed E-state index contributed by atoms with van der Waals surface area (Å²) in [6, 6.07) is 15.0. The molecule has 0 unspecified atom stereocenters. The molecule has 0 aliphatic carbocycles. The van der Waals surface area contributed by atoms with E-state index >= 15 is 0 Å². The number of benzene rings is 2. The van der Waals surface area contributed by atoms with Crippen LogP contribution in [0.1, 0.15) is 23.2 Å². The topological polar surface area (TPSA) is 64.7 Å². The van der Waals surface area contributed by atoms with Gasteiger partial charge in [0.25, 0.3) is 5.91 Å². The van der Waals surface area contributed by atoms with Crippen molar-refractivity contribution in [2.75, 3.05) is 53.4 Å². The van der Waals surface area contributed by atoms with Gasteiger partial charge in [0, 0.05) is 72.3 Å². The number of para-hydroxylation sites is 1. The van der Waals surface area contributed by atoms with Crippen molar-refractivity contribution in [3.8, 4) is 28.0 Å². The molecule has 1 N–H and O–H groups in total. The summed E-state index contributed by atoms with van der Waals surface area (Å²) in [5.41, 5.74) is 4.38. The fraction of sp³-hybridized carbons (Fsp3) is 0.355. The number of halogens is 1. The Balaban J connectivity index is 1.23. The second-order valence-corrected chi connectivity index (χ2v) is 10.6. The maximum atomic E-state index is 14.8. The Bertz CT molecular complexity index is 1490. The highest BCUT2D eigenvalue weighted by atomic mass is 19.1. The average molecular weight is 528 g/mol. The predicted octanol–water partition coefficient (Wildman–Crippen LogP) is 4.90. The zero-order chi connectivity index (χ0) is 26.9. The molecule has 0 bridgehead atoms. The van der Waals surface area contributed by atoms with Crippen LogP contribution in [0.15, 0.2) is 60.9 Å². The van der Waals surface area contributed by atoms with Gasteiger partial charge in [-0.15, -0.1) is 0 Å². The number of pyridine rings is 1. The Morgan fingerprint density at radius 3 is 2.51 bits per heavy atom. The average Bonchev–Trinajstić information content (AvgIpc) is 3.40. The zero-order valence-electron chi connectivity index (χ0n) is 22.5. The number of piperidine rings is 1. The van der Waals surface area contributed by atoms with Crippen molar-refractivity contribution in [1.82, 2.24) is 24.7 Å². The predicted molar refractivity (Wildman–Crippen MR) is 151 cm³/mol. The number of aromatic amines is 1. The summed E-state index contributed by atoms with van der Waals surface area (Å²) in [4.78, 5) is 28.0. The minimum atomic E-state index is -0.431. The van der Waals surface area contributed by atoms with E-state index in [1.807, 2.05) is 41.4 Å². The Labute approximate surface area is 228 Å². The second-order valence-electron chi connectivity index (χ2n) is 10.6.